The summed E-state index contributed by atoms with van der Waals surface area (Å²) in [5.41, 5.74) is 0.847. The number of piperidine rings is 1. The lowest BCUT2D eigenvalue weighted by Gasteiger charge is -2.39. The molecule has 10 heteroatoms. The maximum Gasteiger partial charge on any atom is 0.257 e. The van der Waals surface area contributed by atoms with E-state index in [0.29, 0.717) is 61.2 Å². The van der Waals surface area contributed by atoms with Crippen LogP contribution in [0.3, 0.4) is 0 Å². The maximum atomic E-state index is 14.2. The van der Waals surface area contributed by atoms with Crippen molar-refractivity contribution in [2.24, 2.45) is 5.41 Å². The van der Waals surface area contributed by atoms with Gasteiger partial charge in [0.05, 0.1) is 28.3 Å². The first kappa shape index (κ1) is 23.7. The number of fused-ring (bicyclic) bond motifs is 1. The third-order valence-electron chi connectivity index (χ3n) is 6.37. The van der Waals surface area contributed by atoms with Gasteiger partial charge in [0.25, 0.3) is 5.91 Å². The topological polar surface area (TPSA) is 66.7 Å². The standard InChI is InChI=1S/C23H28F2N6OS/c1-23(15-26)4-6-29(7-5-23)21-16-12-18(24)19(25)13-20(16)27-14-17(21)22(32)30-8-10-31(11-9-30)33-28(2)3/h12-14H,4-11H2,1-3H3. The van der Waals surface area contributed by atoms with Crippen molar-refractivity contribution in [2.75, 3.05) is 58.3 Å². The van der Waals surface area contributed by atoms with E-state index in [1.54, 1.807) is 17.0 Å². The van der Waals surface area contributed by atoms with Crippen molar-refractivity contribution >= 4 is 34.6 Å². The third-order valence-corrected chi connectivity index (χ3v) is 7.29. The quantitative estimate of drug-likeness (QED) is 0.628. The number of hydrogen-bond acceptors (Lipinski definition) is 7. The fraction of sp³-hybridized carbons (Fsp3) is 0.522. The minimum absolute atomic E-state index is 0.160. The number of pyridine rings is 1. The molecule has 0 atom stereocenters. The lowest BCUT2D eigenvalue weighted by molar-refractivity contribution is 0.0702. The van der Waals surface area contributed by atoms with Crippen molar-refractivity contribution in [2.45, 2.75) is 19.8 Å². The number of piperazine rings is 1. The molecule has 0 radical (unpaired) electrons. The van der Waals surface area contributed by atoms with Crippen LogP contribution in [0.25, 0.3) is 10.9 Å². The van der Waals surface area contributed by atoms with Gasteiger partial charge in [0, 0.05) is 69.1 Å². The Kier molecular flexibility index (Phi) is 6.75. The number of carbonyl (C=O) groups excluding carboxylic acids is 1. The van der Waals surface area contributed by atoms with E-state index >= 15 is 0 Å². The first-order valence-corrected chi connectivity index (χ1v) is 11.8. The summed E-state index contributed by atoms with van der Waals surface area (Å²) < 4.78 is 32.4. The summed E-state index contributed by atoms with van der Waals surface area (Å²) in [5.74, 6) is -2.10. The van der Waals surface area contributed by atoms with Gasteiger partial charge in [-0.3, -0.25) is 9.78 Å². The lowest BCUT2D eigenvalue weighted by Crippen LogP contribution is -2.47. The van der Waals surface area contributed by atoms with Gasteiger partial charge >= 0.3 is 0 Å². The minimum Gasteiger partial charge on any atom is -0.370 e. The predicted molar refractivity (Wildman–Crippen MR) is 126 cm³/mol. The largest absolute Gasteiger partial charge is 0.370 e. The molecule has 0 spiro atoms. The van der Waals surface area contributed by atoms with Crippen molar-refractivity contribution < 1.29 is 13.6 Å². The first-order valence-electron chi connectivity index (χ1n) is 11.0. The van der Waals surface area contributed by atoms with Gasteiger partial charge in [-0.1, -0.05) is 0 Å². The van der Waals surface area contributed by atoms with E-state index in [-0.39, 0.29) is 5.91 Å². The van der Waals surface area contributed by atoms with Crippen LogP contribution < -0.4 is 4.90 Å². The number of rotatable bonds is 4. The number of carbonyl (C=O) groups is 1. The predicted octanol–water partition coefficient (Wildman–Crippen LogP) is 3.53. The molecule has 0 bridgehead atoms. The summed E-state index contributed by atoms with van der Waals surface area (Å²) >= 11 is 1.62. The average molecular weight is 475 g/mol. The van der Waals surface area contributed by atoms with Crippen LogP contribution in [-0.4, -0.2) is 77.8 Å². The van der Waals surface area contributed by atoms with Crippen molar-refractivity contribution in [1.82, 2.24) is 18.5 Å². The zero-order valence-corrected chi connectivity index (χ0v) is 20.0. The second-order valence-electron chi connectivity index (χ2n) is 9.08. The van der Waals surface area contributed by atoms with Gasteiger partial charge < -0.3 is 9.80 Å². The number of anilines is 1. The Labute approximate surface area is 197 Å². The Morgan fingerprint density at radius 1 is 1.12 bits per heavy atom. The molecular formula is C23H28F2N6OS. The number of benzene rings is 1. The highest BCUT2D eigenvalue weighted by atomic mass is 32.2. The summed E-state index contributed by atoms with van der Waals surface area (Å²) in [6, 6.07) is 4.58. The molecule has 2 aliphatic heterocycles. The monoisotopic (exact) mass is 474 g/mol. The minimum atomic E-state index is -0.969. The van der Waals surface area contributed by atoms with E-state index in [2.05, 4.69) is 15.4 Å². The zero-order valence-electron chi connectivity index (χ0n) is 19.1. The van der Waals surface area contributed by atoms with Gasteiger partial charge in [-0.05, 0) is 39.9 Å². The molecule has 3 heterocycles. The number of nitrogens with zero attached hydrogens (tertiary/aromatic N) is 6. The second kappa shape index (κ2) is 9.41. The van der Waals surface area contributed by atoms with E-state index in [4.69, 9.17) is 0 Å². The summed E-state index contributed by atoms with van der Waals surface area (Å²) in [5, 5.41) is 9.91. The molecule has 0 aliphatic carbocycles. The highest BCUT2D eigenvalue weighted by molar-refractivity contribution is 7.94. The van der Waals surface area contributed by atoms with E-state index in [1.165, 1.54) is 6.20 Å². The third kappa shape index (κ3) is 4.90. The van der Waals surface area contributed by atoms with Crippen LogP contribution >= 0.6 is 12.1 Å². The van der Waals surface area contributed by atoms with E-state index in [0.717, 1.165) is 25.2 Å². The fourth-order valence-electron chi connectivity index (χ4n) is 4.38. The Hall–Kier alpha value is -2.48. The van der Waals surface area contributed by atoms with Crippen molar-refractivity contribution in [3.8, 4) is 6.07 Å². The van der Waals surface area contributed by atoms with Crippen LogP contribution in [-0.2, 0) is 0 Å². The molecule has 2 aromatic rings. The van der Waals surface area contributed by atoms with Crippen LogP contribution in [0.15, 0.2) is 18.3 Å². The summed E-state index contributed by atoms with van der Waals surface area (Å²) in [4.78, 5) is 21.7. The van der Waals surface area contributed by atoms with E-state index < -0.39 is 17.0 Å². The lowest BCUT2D eigenvalue weighted by atomic mass is 9.81. The molecule has 0 unspecified atom stereocenters. The van der Waals surface area contributed by atoms with Gasteiger partial charge in [-0.15, -0.1) is 0 Å². The van der Waals surface area contributed by atoms with Crippen LogP contribution in [0.5, 0.6) is 0 Å². The van der Waals surface area contributed by atoms with Crippen molar-refractivity contribution in [1.29, 1.82) is 5.26 Å². The van der Waals surface area contributed by atoms with E-state index in [9.17, 15) is 18.8 Å². The number of aromatic nitrogens is 1. The maximum absolute atomic E-state index is 14.2. The number of halogens is 2. The smallest absolute Gasteiger partial charge is 0.257 e. The second-order valence-corrected chi connectivity index (χ2v) is 10.5. The van der Waals surface area contributed by atoms with Gasteiger partial charge in [0.1, 0.15) is 0 Å². The van der Waals surface area contributed by atoms with E-state index in [1.807, 2.05) is 30.2 Å². The molecule has 2 saturated heterocycles. The van der Waals surface area contributed by atoms with Crippen LogP contribution in [0, 0.1) is 28.4 Å². The molecule has 176 valence electrons. The van der Waals surface area contributed by atoms with Crippen molar-refractivity contribution in [3.05, 3.63) is 35.5 Å². The Morgan fingerprint density at radius 3 is 2.36 bits per heavy atom. The molecule has 1 amide bonds. The highest BCUT2D eigenvalue weighted by Gasteiger charge is 2.33. The van der Waals surface area contributed by atoms with Gasteiger partial charge in [0.2, 0.25) is 0 Å². The zero-order chi connectivity index (χ0) is 23.8. The molecule has 0 saturated carbocycles. The summed E-state index contributed by atoms with van der Waals surface area (Å²) in [6.45, 7) is 5.64. The normalized spacial score (nSPS) is 19.2. The van der Waals surface area contributed by atoms with Gasteiger partial charge in [-0.25, -0.2) is 17.4 Å². The Balaban J connectivity index is 1.68. The van der Waals surface area contributed by atoms with Crippen molar-refractivity contribution in [3.63, 3.8) is 0 Å². The highest BCUT2D eigenvalue weighted by Crippen LogP contribution is 2.38. The number of amides is 1. The van der Waals surface area contributed by atoms with Crippen LogP contribution in [0.4, 0.5) is 14.5 Å². The summed E-state index contributed by atoms with van der Waals surface area (Å²) in [7, 11) is 3.96. The van der Waals surface area contributed by atoms with Gasteiger partial charge in [-0.2, -0.15) is 5.26 Å². The Bertz CT molecular complexity index is 1090. The molecule has 7 nitrogen and oxygen atoms in total. The molecule has 4 rings (SSSR count). The molecule has 33 heavy (non-hydrogen) atoms. The molecular weight excluding hydrogens is 446 g/mol. The average Bonchev–Trinajstić information content (AvgIpc) is 2.80. The fourth-order valence-corrected chi connectivity index (χ4v) is 5.17. The molecule has 1 aromatic heterocycles. The molecule has 1 aromatic carbocycles. The SMILES string of the molecule is CN(C)SN1CCN(C(=O)c2cnc3cc(F)c(F)cc3c2N2CCC(C)(C#N)CC2)CC1. The number of nitriles is 1. The summed E-state index contributed by atoms with van der Waals surface area (Å²) in [6.07, 6.45) is 2.74. The Morgan fingerprint density at radius 2 is 1.76 bits per heavy atom. The van der Waals surface area contributed by atoms with Crippen LogP contribution in [0.1, 0.15) is 30.1 Å². The molecule has 2 fully saturated rings. The molecule has 0 N–H and O–H groups in total. The first-order chi connectivity index (χ1) is 15.7. The number of hydrogen-bond donors (Lipinski definition) is 0. The van der Waals surface area contributed by atoms with Crippen LogP contribution in [0.2, 0.25) is 0 Å². The molecule has 2 aliphatic rings. The van der Waals surface area contributed by atoms with Gasteiger partial charge in [0.15, 0.2) is 11.6 Å².